The van der Waals surface area contributed by atoms with Crippen LogP contribution in [0.2, 0.25) is 0 Å². The van der Waals surface area contributed by atoms with E-state index in [0.29, 0.717) is 31.9 Å². The number of ether oxygens (including phenoxy) is 1. The molecule has 10 heteroatoms. The van der Waals surface area contributed by atoms with Crippen LogP contribution in [0.25, 0.3) is 16.8 Å². The molecule has 2 aromatic carbocycles. The summed E-state index contributed by atoms with van der Waals surface area (Å²) in [5.41, 5.74) is 4.01. The molecular formula is C35H36FN7O2. The lowest BCUT2D eigenvalue weighted by molar-refractivity contribution is -0.131. The fourth-order valence-corrected chi connectivity index (χ4v) is 6.67. The second-order valence-electron chi connectivity index (χ2n) is 11.7. The van der Waals surface area contributed by atoms with Crippen molar-refractivity contribution in [3.05, 3.63) is 72.2 Å². The number of nitriles is 1. The van der Waals surface area contributed by atoms with Gasteiger partial charge in [0, 0.05) is 42.8 Å². The zero-order valence-electron chi connectivity index (χ0n) is 25.5. The molecule has 2 atom stereocenters. The molecule has 4 heterocycles. The van der Waals surface area contributed by atoms with Crippen molar-refractivity contribution in [3.63, 3.8) is 0 Å². The monoisotopic (exact) mass is 605 g/mol. The molecule has 0 aliphatic carbocycles. The van der Waals surface area contributed by atoms with Gasteiger partial charge in [-0.1, -0.05) is 49.6 Å². The van der Waals surface area contributed by atoms with Gasteiger partial charge in [0.15, 0.2) is 5.83 Å². The first-order valence-corrected chi connectivity index (χ1v) is 15.3. The van der Waals surface area contributed by atoms with Gasteiger partial charge in [-0.15, -0.1) is 0 Å². The summed E-state index contributed by atoms with van der Waals surface area (Å²) in [7, 11) is 2.06. The van der Waals surface area contributed by atoms with Gasteiger partial charge < -0.3 is 19.4 Å². The van der Waals surface area contributed by atoms with Gasteiger partial charge in [0.1, 0.15) is 11.9 Å². The van der Waals surface area contributed by atoms with Gasteiger partial charge >= 0.3 is 6.01 Å². The summed E-state index contributed by atoms with van der Waals surface area (Å²) in [6.45, 7) is 10.5. The SMILES string of the molecule is C=Cc1cccc2cccc(N3CCc4c(nc(OC#C[C@@H]5CCCN5C)nc4N4CCN(C(=O)C(=C)F)[C@@H](CC#N)C4)C3)c12. The quantitative estimate of drug-likeness (QED) is 0.296. The van der Waals surface area contributed by atoms with Crippen molar-refractivity contribution in [2.24, 2.45) is 0 Å². The van der Waals surface area contributed by atoms with Crippen LogP contribution >= 0.6 is 0 Å². The van der Waals surface area contributed by atoms with Gasteiger partial charge in [0.25, 0.3) is 5.91 Å². The molecule has 9 nitrogen and oxygen atoms in total. The summed E-state index contributed by atoms with van der Waals surface area (Å²) in [5, 5.41) is 11.8. The number of likely N-dealkylation sites (tertiary alicyclic amines) is 1. The number of carbonyl (C=O) groups is 1. The van der Waals surface area contributed by atoms with Crippen LogP contribution in [0.1, 0.15) is 36.1 Å². The summed E-state index contributed by atoms with van der Waals surface area (Å²) < 4.78 is 19.7. The average Bonchev–Trinajstić information content (AvgIpc) is 3.47. The Morgan fingerprint density at radius 3 is 2.71 bits per heavy atom. The third-order valence-corrected chi connectivity index (χ3v) is 8.99. The summed E-state index contributed by atoms with van der Waals surface area (Å²) in [4.78, 5) is 30.2. The zero-order valence-corrected chi connectivity index (χ0v) is 25.5. The lowest BCUT2D eigenvalue weighted by Gasteiger charge is -2.42. The summed E-state index contributed by atoms with van der Waals surface area (Å²) in [6, 6.07) is 14.5. The van der Waals surface area contributed by atoms with Crippen molar-refractivity contribution in [3.8, 4) is 24.1 Å². The Labute approximate surface area is 263 Å². The first-order chi connectivity index (χ1) is 21.9. The van der Waals surface area contributed by atoms with Gasteiger partial charge in [-0.2, -0.15) is 15.2 Å². The molecule has 3 aliphatic rings. The van der Waals surface area contributed by atoms with Crippen molar-refractivity contribution in [2.75, 3.05) is 49.6 Å². The Bertz CT molecular complexity index is 1750. The number of aromatic nitrogens is 2. The molecule has 0 spiro atoms. The molecule has 45 heavy (non-hydrogen) atoms. The molecule has 230 valence electrons. The molecule has 2 saturated heterocycles. The first kappa shape index (κ1) is 30.1. The number of halogens is 1. The number of anilines is 2. The molecule has 3 aromatic rings. The molecule has 2 fully saturated rings. The van der Waals surface area contributed by atoms with E-state index in [1.807, 2.05) is 12.1 Å². The maximum absolute atomic E-state index is 13.8. The lowest BCUT2D eigenvalue weighted by atomic mass is 9.99. The standard InChI is InChI=1S/C35H36FN7O2/c1-4-25-8-5-9-26-10-6-12-31(32(25)26)41-18-14-29-30(23-41)38-35(45-21-15-27-11-7-17-40(27)3)39-33(29)42-19-20-43(34(44)24(2)36)28(22-42)13-16-37/h4-6,8-10,12,27-28H,1-2,7,11,13-14,17-20,22-23H2,3H3/t27-,28-/m0/s1. The van der Waals surface area contributed by atoms with E-state index in [1.165, 1.54) is 4.90 Å². The highest BCUT2D eigenvalue weighted by Gasteiger charge is 2.35. The first-order valence-electron chi connectivity index (χ1n) is 15.3. The summed E-state index contributed by atoms with van der Waals surface area (Å²) in [6.07, 6.45) is 7.57. The number of carbonyl (C=O) groups excluding carboxylic acids is 1. The van der Waals surface area contributed by atoms with E-state index in [0.717, 1.165) is 59.2 Å². The predicted molar refractivity (Wildman–Crippen MR) is 173 cm³/mol. The fraction of sp³-hybridized carbons (Fsp3) is 0.371. The number of nitrogens with zero attached hydrogens (tertiary/aromatic N) is 7. The van der Waals surface area contributed by atoms with E-state index >= 15 is 0 Å². The van der Waals surface area contributed by atoms with Crippen molar-refractivity contribution in [1.29, 1.82) is 5.26 Å². The van der Waals surface area contributed by atoms with E-state index in [1.54, 1.807) is 0 Å². The highest BCUT2D eigenvalue weighted by Crippen LogP contribution is 2.36. The topological polar surface area (TPSA) is 88.8 Å². The van der Waals surface area contributed by atoms with Crippen molar-refractivity contribution >= 4 is 34.3 Å². The van der Waals surface area contributed by atoms with Crippen molar-refractivity contribution < 1.29 is 13.9 Å². The number of piperazine rings is 1. The van der Waals surface area contributed by atoms with Crippen LogP contribution in [0.4, 0.5) is 15.9 Å². The Balaban J connectivity index is 1.36. The van der Waals surface area contributed by atoms with Gasteiger partial charge in [-0.3, -0.25) is 9.69 Å². The number of benzene rings is 2. The molecule has 0 N–H and O–H groups in total. The highest BCUT2D eigenvalue weighted by atomic mass is 19.1. The molecule has 0 bridgehead atoms. The van der Waals surface area contributed by atoms with E-state index in [4.69, 9.17) is 14.7 Å². The van der Waals surface area contributed by atoms with Gasteiger partial charge in [0.2, 0.25) is 0 Å². The number of rotatable bonds is 6. The largest absolute Gasteiger partial charge is 0.370 e. The maximum atomic E-state index is 13.8. The van der Waals surface area contributed by atoms with E-state index in [9.17, 15) is 14.4 Å². The average molecular weight is 606 g/mol. The van der Waals surface area contributed by atoms with Crippen LogP contribution in [0.3, 0.4) is 0 Å². The second kappa shape index (κ2) is 13.0. The number of fused-ring (bicyclic) bond motifs is 2. The second-order valence-corrected chi connectivity index (χ2v) is 11.7. The van der Waals surface area contributed by atoms with Crippen molar-refractivity contribution in [1.82, 2.24) is 19.8 Å². The maximum Gasteiger partial charge on any atom is 0.333 e. The van der Waals surface area contributed by atoms with E-state index in [2.05, 4.69) is 83.3 Å². The third kappa shape index (κ3) is 6.07. The molecule has 3 aliphatic heterocycles. The molecule has 1 amide bonds. The van der Waals surface area contributed by atoms with Crippen LogP contribution in [0, 0.1) is 23.4 Å². The number of hydrogen-bond donors (Lipinski definition) is 0. The predicted octanol–water partition coefficient (Wildman–Crippen LogP) is 4.68. The smallest absolute Gasteiger partial charge is 0.333 e. The molecule has 6 rings (SSSR count). The molecule has 1 aromatic heterocycles. The summed E-state index contributed by atoms with van der Waals surface area (Å²) in [5.74, 6) is 2.09. The number of amides is 1. The van der Waals surface area contributed by atoms with Gasteiger partial charge in [0.05, 0.1) is 36.8 Å². The highest BCUT2D eigenvalue weighted by molar-refractivity contribution is 6.00. The normalized spacial score (nSPS) is 19.8. The molecule has 0 unspecified atom stereocenters. The minimum Gasteiger partial charge on any atom is -0.370 e. The van der Waals surface area contributed by atoms with E-state index < -0.39 is 17.8 Å². The Morgan fingerprint density at radius 2 is 1.98 bits per heavy atom. The van der Waals surface area contributed by atoms with Gasteiger partial charge in [-0.25, -0.2) is 4.39 Å². The minimum atomic E-state index is -1.03. The van der Waals surface area contributed by atoms with Crippen LogP contribution in [0.15, 0.2) is 55.4 Å². The molecule has 0 saturated carbocycles. The molecular weight excluding hydrogens is 569 g/mol. The third-order valence-electron chi connectivity index (χ3n) is 8.99. The Kier molecular flexibility index (Phi) is 8.68. The van der Waals surface area contributed by atoms with Crippen LogP contribution < -0.4 is 14.5 Å². The van der Waals surface area contributed by atoms with Crippen LogP contribution in [-0.4, -0.2) is 77.5 Å². The zero-order chi connectivity index (χ0) is 31.5. The van der Waals surface area contributed by atoms with Crippen molar-refractivity contribution in [2.45, 2.75) is 44.3 Å². The van der Waals surface area contributed by atoms with E-state index in [-0.39, 0.29) is 25.0 Å². The Morgan fingerprint density at radius 1 is 1.16 bits per heavy atom. The van der Waals surface area contributed by atoms with Crippen LogP contribution in [-0.2, 0) is 17.8 Å². The number of hydrogen-bond acceptors (Lipinski definition) is 8. The van der Waals surface area contributed by atoms with Crippen LogP contribution in [0.5, 0.6) is 6.01 Å². The fourth-order valence-electron chi connectivity index (χ4n) is 6.67. The lowest BCUT2D eigenvalue weighted by Crippen LogP contribution is -2.55. The minimum absolute atomic E-state index is 0.0625. The summed E-state index contributed by atoms with van der Waals surface area (Å²) >= 11 is 0. The Hall–Kier alpha value is -4.93. The van der Waals surface area contributed by atoms with Gasteiger partial charge in [-0.05, 0) is 55.8 Å². The molecule has 0 radical (unpaired) electrons.